The first-order chi connectivity index (χ1) is 14.2. The van der Waals surface area contributed by atoms with Crippen molar-refractivity contribution in [3.8, 4) is 5.75 Å². The van der Waals surface area contributed by atoms with Gasteiger partial charge in [0.2, 0.25) is 15.9 Å². The van der Waals surface area contributed by atoms with Crippen LogP contribution in [0.4, 0.5) is 5.69 Å². The number of hydrogen-bond acceptors (Lipinski definition) is 4. The number of amides is 1. The number of nitrogens with one attached hydrogen (secondary N) is 2. The van der Waals surface area contributed by atoms with Crippen LogP contribution in [0.5, 0.6) is 5.75 Å². The van der Waals surface area contributed by atoms with Crippen LogP contribution in [0.15, 0.2) is 53.0 Å². The van der Waals surface area contributed by atoms with E-state index in [4.69, 9.17) is 4.74 Å². The molecule has 1 saturated carbocycles. The number of hydrogen-bond donors (Lipinski definition) is 2. The number of benzene rings is 2. The van der Waals surface area contributed by atoms with Crippen molar-refractivity contribution in [3.63, 3.8) is 0 Å². The van der Waals surface area contributed by atoms with Crippen LogP contribution in [0.25, 0.3) is 0 Å². The molecule has 0 heterocycles. The van der Waals surface area contributed by atoms with Crippen molar-refractivity contribution in [2.75, 3.05) is 10.5 Å². The minimum absolute atomic E-state index is 0.0329. The molecule has 2 N–H and O–H groups in total. The van der Waals surface area contributed by atoms with E-state index >= 15 is 0 Å². The van der Waals surface area contributed by atoms with Gasteiger partial charge in [0.25, 0.3) is 0 Å². The van der Waals surface area contributed by atoms with Crippen LogP contribution in [0.1, 0.15) is 44.7 Å². The van der Waals surface area contributed by atoms with Crippen molar-refractivity contribution < 1.29 is 17.9 Å². The minimum atomic E-state index is -3.83. The van der Waals surface area contributed by atoms with E-state index in [1.807, 2.05) is 38.1 Å². The second kappa shape index (κ2) is 9.83. The Morgan fingerprint density at radius 1 is 1.10 bits per heavy atom. The summed E-state index contributed by atoms with van der Waals surface area (Å²) < 4.78 is 33.9. The summed E-state index contributed by atoms with van der Waals surface area (Å²) in [6, 6.07) is 14.2. The van der Waals surface area contributed by atoms with Gasteiger partial charge in [0.05, 0.1) is 12.1 Å². The van der Waals surface area contributed by atoms with E-state index in [1.54, 1.807) is 24.3 Å². The molecule has 2 aromatic rings. The van der Waals surface area contributed by atoms with Crippen molar-refractivity contribution in [1.82, 2.24) is 5.32 Å². The lowest BCUT2D eigenvalue weighted by atomic mass is 9.77. The lowest BCUT2D eigenvalue weighted by molar-refractivity contribution is -0.120. The molecule has 1 aliphatic carbocycles. The van der Waals surface area contributed by atoms with Crippen LogP contribution < -0.4 is 14.8 Å². The number of sulfonamides is 1. The number of halogens is 1. The molecule has 1 atom stereocenters. The predicted molar refractivity (Wildman–Crippen MR) is 122 cm³/mol. The highest BCUT2D eigenvalue weighted by Crippen LogP contribution is 2.38. The smallest absolute Gasteiger partial charge is 0.241 e. The first-order valence-corrected chi connectivity index (χ1v) is 12.5. The lowest BCUT2D eigenvalue weighted by Crippen LogP contribution is -2.40. The third-order valence-corrected chi connectivity index (χ3v) is 6.71. The normalized spacial score (nSPS) is 15.3. The third-order valence-electron chi connectivity index (χ3n) is 4.99. The molecule has 0 aromatic heterocycles. The Hall–Kier alpha value is -2.06. The summed E-state index contributed by atoms with van der Waals surface area (Å²) in [6.45, 7) is 3.83. The highest BCUT2D eigenvalue weighted by Gasteiger charge is 2.30. The Morgan fingerprint density at radius 2 is 1.73 bits per heavy atom. The van der Waals surface area contributed by atoms with Gasteiger partial charge in [-0.15, -0.1) is 0 Å². The van der Waals surface area contributed by atoms with Gasteiger partial charge in [-0.1, -0.05) is 34.5 Å². The molecule has 30 heavy (non-hydrogen) atoms. The molecular weight excluding hydrogens is 468 g/mol. The molecule has 1 aliphatic rings. The van der Waals surface area contributed by atoms with Gasteiger partial charge in [0.1, 0.15) is 11.5 Å². The summed E-state index contributed by atoms with van der Waals surface area (Å²) in [5.74, 6) is -0.151. The zero-order valence-electron chi connectivity index (χ0n) is 17.1. The molecule has 1 fully saturated rings. The van der Waals surface area contributed by atoms with Gasteiger partial charge in [-0.05, 0) is 74.6 Å². The van der Waals surface area contributed by atoms with Crippen LogP contribution in [0, 0.1) is 5.92 Å². The first-order valence-electron chi connectivity index (χ1n) is 10.0. The monoisotopic (exact) mass is 494 g/mol. The quantitative estimate of drug-likeness (QED) is 0.531. The van der Waals surface area contributed by atoms with Gasteiger partial charge >= 0.3 is 0 Å². The Bertz CT molecular complexity index is 956. The molecule has 1 unspecified atom stereocenters. The van der Waals surface area contributed by atoms with E-state index < -0.39 is 21.7 Å². The van der Waals surface area contributed by atoms with Crippen molar-refractivity contribution in [2.45, 2.75) is 45.3 Å². The number of carbonyl (C=O) groups excluding carboxylic acids is 1. The highest BCUT2D eigenvalue weighted by molar-refractivity contribution is 9.10. The average Bonchev–Trinajstić information content (AvgIpc) is 2.61. The molecule has 8 heteroatoms. The SMILES string of the molecule is CC(C)Oc1ccc(NS(=O)(=O)CC(=O)NC(c2ccc(Br)cc2)C2CCC2)cc1. The van der Waals surface area contributed by atoms with E-state index in [9.17, 15) is 13.2 Å². The number of rotatable bonds is 9. The van der Waals surface area contributed by atoms with Gasteiger partial charge in [0.15, 0.2) is 0 Å². The number of carbonyl (C=O) groups is 1. The summed E-state index contributed by atoms with van der Waals surface area (Å²) in [5, 5.41) is 2.93. The summed E-state index contributed by atoms with van der Waals surface area (Å²) in [5.41, 5.74) is 1.38. The third kappa shape index (κ3) is 6.47. The average molecular weight is 495 g/mol. The summed E-state index contributed by atoms with van der Waals surface area (Å²) in [6.07, 6.45) is 3.21. The number of ether oxygens (including phenoxy) is 1. The maximum atomic E-state index is 12.6. The second-order valence-corrected chi connectivity index (χ2v) is 10.5. The molecule has 0 bridgehead atoms. The maximum Gasteiger partial charge on any atom is 0.241 e. The van der Waals surface area contributed by atoms with Crippen molar-refractivity contribution >= 4 is 37.5 Å². The van der Waals surface area contributed by atoms with Crippen LogP contribution in [0.2, 0.25) is 0 Å². The zero-order valence-corrected chi connectivity index (χ0v) is 19.5. The fraction of sp³-hybridized carbons (Fsp3) is 0.409. The summed E-state index contributed by atoms with van der Waals surface area (Å²) in [4.78, 5) is 12.6. The van der Waals surface area contributed by atoms with Gasteiger partial charge in [-0.2, -0.15) is 0 Å². The maximum absolute atomic E-state index is 12.6. The molecule has 0 saturated heterocycles. The van der Waals surface area contributed by atoms with E-state index in [0.717, 1.165) is 29.3 Å². The van der Waals surface area contributed by atoms with Gasteiger partial charge in [0, 0.05) is 10.2 Å². The molecule has 1 amide bonds. The van der Waals surface area contributed by atoms with E-state index in [1.165, 1.54) is 0 Å². The fourth-order valence-electron chi connectivity index (χ4n) is 3.39. The summed E-state index contributed by atoms with van der Waals surface area (Å²) >= 11 is 3.42. The molecular formula is C22H27BrN2O4S. The molecule has 6 nitrogen and oxygen atoms in total. The molecule has 0 radical (unpaired) electrons. The molecule has 2 aromatic carbocycles. The van der Waals surface area contributed by atoms with Crippen LogP contribution in [-0.4, -0.2) is 26.2 Å². The molecule has 3 rings (SSSR count). The largest absolute Gasteiger partial charge is 0.491 e. The second-order valence-electron chi connectivity index (χ2n) is 7.84. The molecule has 162 valence electrons. The Morgan fingerprint density at radius 3 is 2.27 bits per heavy atom. The van der Waals surface area contributed by atoms with E-state index in [0.29, 0.717) is 17.4 Å². The van der Waals surface area contributed by atoms with Crippen molar-refractivity contribution in [3.05, 3.63) is 58.6 Å². The Kier molecular flexibility index (Phi) is 7.41. The van der Waals surface area contributed by atoms with E-state index in [-0.39, 0.29) is 12.1 Å². The highest BCUT2D eigenvalue weighted by atomic mass is 79.9. The Labute approximate surface area is 186 Å². The van der Waals surface area contributed by atoms with Crippen molar-refractivity contribution in [1.29, 1.82) is 0 Å². The minimum Gasteiger partial charge on any atom is -0.491 e. The molecule has 0 spiro atoms. The zero-order chi connectivity index (χ0) is 21.7. The van der Waals surface area contributed by atoms with Gasteiger partial charge < -0.3 is 10.1 Å². The topological polar surface area (TPSA) is 84.5 Å². The van der Waals surface area contributed by atoms with Crippen LogP contribution >= 0.6 is 15.9 Å². The van der Waals surface area contributed by atoms with Gasteiger partial charge in [-0.3, -0.25) is 9.52 Å². The standard InChI is InChI=1S/C22H27BrN2O4S/c1-15(2)29-20-12-10-19(11-13-20)25-30(27,28)14-21(26)24-22(16-4-3-5-16)17-6-8-18(23)9-7-17/h6-13,15-16,22,25H,3-5,14H2,1-2H3,(H,24,26). The summed E-state index contributed by atoms with van der Waals surface area (Å²) in [7, 11) is -3.83. The van der Waals surface area contributed by atoms with E-state index in [2.05, 4.69) is 26.0 Å². The first kappa shape index (κ1) is 22.6. The number of anilines is 1. The lowest BCUT2D eigenvalue weighted by Gasteiger charge is -2.34. The van der Waals surface area contributed by atoms with Crippen molar-refractivity contribution in [2.24, 2.45) is 5.92 Å². The van der Waals surface area contributed by atoms with Crippen LogP contribution in [0.3, 0.4) is 0 Å². The van der Waals surface area contributed by atoms with Gasteiger partial charge in [-0.25, -0.2) is 8.42 Å². The Balaban J connectivity index is 1.62. The predicted octanol–water partition coefficient (Wildman–Crippen LogP) is 4.64. The molecule has 0 aliphatic heterocycles. The fourth-order valence-corrected chi connectivity index (χ4v) is 4.65. The van der Waals surface area contributed by atoms with Crippen LogP contribution in [-0.2, 0) is 14.8 Å².